The first-order valence-electron chi connectivity index (χ1n) is 9.61. The lowest BCUT2D eigenvalue weighted by Gasteiger charge is -2.28. The number of nitrogens with zero attached hydrogens (tertiary/aromatic N) is 1. The van der Waals surface area contributed by atoms with Gasteiger partial charge in [-0.15, -0.1) is 0 Å². The average Bonchev–Trinajstić information content (AvgIpc) is 2.65. The molecular formula is C20H27F3N2O2. The van der Waals surface area contributed by atoms with E-state index in [1.54, 1.807) is 0 Å². The van der Waals surface area contributed by atoms with E-state index in [0.717, 1.165) is 18.8 Å². The smallest absolute Gasteiger partial charge is 0.372 e. The summed E-state index contributed by atoms with van der Waals surface area (Å²) in [5.41, 5.74) is 1.91. The van der Waals surface area contributed by atoms with Crippen LogP contribution in [-0.4, -0.2) is 31.0 Å². The van der Waals surface area contributed by atoms with Crippen molar-refractivity contribution >= 4 is 23.1 Å². The van der Waals surface area contributed by atoms with Gasteiger partial charge >= 0.3 is 6.18 Å². The molecule has 1 amide bonds. The van der Waals surface area contributed by atoms with Gasteiger partial charge in [-0.3, -0.25) is 9.59 Å². The predicted octanol–water partition coefficient (Wildman–Crippen LogP) is 5.09. The number of halogens is 3. The Balaban J connectivity index is 1.61. The lowest BCUT2D eigenvalue weighted by Crippen LogP contribution is -2.29. The summed E-state index contributed by atoms with van der Waals surface area (Å²) in [6.45, 7) is 2.14. The predicted molar refractivity (Wildman–Crippen MR) is 99.9 cm³/mol. The van der Waals surface area contributed by atoms with E-state index in [1.807, 2.05) is 24.3 Å². The SMILES string of the molecule is O=C(CCCCCCC(=O)C(F)(F)F)Nc1ccc(N2CCCCC2)cc1. The van der Waals surface area contributed by atoms with Gasteiger partial charge in [0.25, 0.3) is 0 Å². The van der Waals surface area contributed by atoms with Gasteiger partial charge in [-0.2, -0.15) is 13.2 Å². The standard InChI is InChI=1S/C20H27F3N2O2/c21-20(22,23)18(26)8-4-1-2-5-9-19(27)24-16-10-12-17(13-11-16)25-14-6-3-7-15-25/h10-13H,1-9,14-15H2,(H,24,27). The van der Waals surface area contributed by atoms with Crippen molar-refractivity contribution in [1.82, 2.24) is 0 Å². The van der Waals surface area contributed by atoms with Gasteiger partial charge in [-0.05, 0) is 56.4 Å². The molecule has 4 nitrogen and oxygen atoms in total. The molecule has 150 valence electrons. The number of benzene rings is 1. The second-order valence-electron chi connectivity index (χ2n) is 6.98. The Kier molecular flexibility index (Phi) is 8.13. The van der Waals surface area contributed by atoms with E-state index >= 15 is 0 Å². The van der Waals surface area contributed by atoms with Crippen molar-refractivity contribution in [2.24, 2.45) is 0 Å². The van der Waals surface area contributed by atoms with Crippen LogP contribution in [0.5, 0.6) is 0 Å². The molecule has 1 heterocycles. The van der Waals surface area contributed by atoms with E-state index in [9.17, 15) is 22.8 Å². The highest BCUT2D eigenvalue weighted by molar-refractivity contribution is 5.90. The maximum absolute atomic E-state index is 12.1. The minimum absolute atomic E-state index is 0.105. The minimum atomic E-state index is -4.73. The maximum Gasteiger partial charge on any atom is 0.449 e. The van der Waals surface area contributed by atoms with Gasteiger partial charge in [0.15, 0.2) is 0 Å². The second-order valence-corrected chi connectivity index (χ2v) is 6.98. The number of Topliss-reactive ketones (excluding diaryl/α,β-unsaturated/α-hetero) is 1. The van der Waals surface area contributed by atoms with Crippen molar-refractivity contribution in [2.45, 2.75) is 64.0 Å². The molecule has 1 fully saturated rings. The van der Waals surface area contributed by atoms with Crippen LogP contribution in [0.2, 0.25) is 0 Å². The molecule has 2 rings (SSSR count). The fourth-order valence-corrected chi connectivity index (χ4v) is 3.20. The lowest BCUT2D eigenvalue weighted by molar-refractivity contribution is -0.171. The van der Waals surface area contributed by atoms with Crippen LogP contribution in [0.4, 0.5) is 24.5 Å². The highest BCUT2D eigenvalue weighted by Crippen LogP contribution is 2.22. The number of anilines is 2. The molecule has 27 heavy (non-hydrogen) atoms. The van der Waals surface area contributed by atoms with Gasteiger partial charge < -0.3 is 10.2 Å². The van der Waals surface area contributed by atoms with Crippen molar-refractivity contribution in [2.75, 3.05) is 23.3 Å². The molecule has 0 spiro atoms. The van der Waals surface area contributed by atoms with Gasteiger partial charge in [-0.25, -0.2) is 0 Å². The summed E-state index contributed by atoms with van der Waals surface area (Å²) in [6, 6.07) is 7.81. The average molecular weight is 384 g/mol. The first-order valence-corrected chi connectivity index (χ1v) is 9.61. The highest BCUT2D eigenvalue weighted by Gasteiger charge is 2.36. The van der Waals surface area contributed by atoms with Crippen LogP contribution < -0.4 is 10.2 Å². The summed E-state index contributed by atoms with van der Waals surface area (Å²) in [6.07, 6.45) is 0.764. The molecule has 1 aromatic carbocycles. The molecule has 1 aliphatic rings. The molecule has 0 aliphatic carbocycles. The second kappa shape index (κ2) is 10.3. The number of ketones is 1. The molecule has 1 aliphatic heterocycles. The largest absolute Gasteiger partial charge is 0.449 e. The van der Waals surface area contributed by atoms with Gasteiger partial charge in [0.2, 0.25) is 11.7 Å². The number of carbonyl (C=O) groups is 2. The van der Waals surface area contributed by atoms with E-state index in [4.69, 9.17) is 0 Å². The summed E-state index contributed by atoms with van der Waals surface area (Å²) in [7, 11) is 0. The van der Waals surface area contributed by atoms with Crippen LogP contribution in [-0.2, 0) is 9.59 Å². The first kappa shape index (κ1) is 21.3. The molecule has 1 saturated heterocycles. The topological polar surface area (TPSA) is 49.4 Å². The molecule has 0 bridgehead atoms. The Hall–Kier alpha value is -2.05. The summed E-state index contributed by atoms with van der Waals surface area (Å²) in [4.78, 5) is 25.0. The summed E-state index contributed by atoms with van der Waals surface area (Å²) < 4.78 is 36.2. The molecule has 1 aromatic rings. The van der Waals surface area contributed by atoms with Gasteiger partial charge in [-0.1, -0.05) is 12.8 Å². The zero-order valence-corrected chi connectivity index (χ0v) is 15.5. The minimum Gasteiger partial charge on any atom is -0.372 e. The fraction of sp³-hybridized carbons (Fsp3) is 0.600. The molecule has 7 heteroatoms. The number of unbranched alkanes of at least 4 members (excludes halogenated alkanes) is 3. The Morgan fingerprint density at radius 3 is 2.07 bits per heavy atom. The Morgan fingerprint density at radius 2 is 1.48 bits per heavy atom. The van der Waals surface area contributed by atoms with Crippen LogP contribution in [0.3, 0.4) is 0 Å². The maximum atomic E-state index is 12.1. The number of alkyl halides is 3. The number of rotatable bonds is 9. The number of hydrogen-bond acceptors (Lipinski definition) is 3. The zero-order valence-electron chi connectivity index (χ0n) is 15.5. The Labute approximate surface area is 158 Å². The number of piperidine rings is 1. The molecule has 1 N–H and O–H groups in total. The molecule has 0 atom stereocenters. The lowest BCUT2D eigenvalue weighted by atomic mass is 10.1. The van der Waals surface area contributed by atoms with E-state index < -0.39 is 18.4 Å². The number of amides is 1. The summed E-state index contributed by atoms with van der Waals surface area (Å²) in [5.74, 6) is -1.78. The molecule has 0 aromatic heterocycles. The van der Waals surface area contributed by atoms with E-state index in [1.165, 1.54) is 24.9 Å². The van der Waals surface area contributed by atoms with Crippen LogP contribution in [0, 0.1) is 0 Å². The van der Waals surface area contributed by atoms with Crippen LogP contribution in [0.25, 0.3) is 0 Å². The zero-order chi connectivity index (χ0) is 19.7. The third-order valence-corrected chi connectivity index (χ3v) is 4.75. The summed E-state index contributed by atoms with van der Waals surface area (Å²) in [5, 5.41) is 2.84. The Morgan fingerprint density at radius 1 is 0.889 bits per heavy atom. The number of hydrogen-bond donors (Lipinski definition) is 1. The summed E-state index contributed by atoms with van der Waals surface area (Å²) >= 11 is 0. The molecule has 0 radical (unpaired) electrons. The van der Waals surface area contributed by atoms with Crippen molar-refractivity contribution in [3.8, 4) is 0 Å². The van der Waals surface area contributed by atoms with Crippen molar-refractivity contribution < 1.29 is 22.8 Å². The van der Waals surface area contributed by atoms with Gasteiger partial charge in [0.1, 0.15) is 0 Å². The normalized spacial score (nSPS) is 14.9. The molecular weight excluding hydrogens is 357 g/mol. The highest BCUT2D eigenvalue weighted by atomic mass is 19.4. The van der Waals surface area contributed by atoms with E-state index in [-0.39, 0.29) is 12.3 Å². The first-order chi connectivity index (χ1) is 12.9. The van der Waals surface area contributed by atoms with Crippen LogP contribution >= 0.6 is 0 Å². The Bertz CT molecular complexity index is 609. The quantitative estimate of drug-likeness (QED) is 0.604. The van der Waals surface area contributed by atoms with E-state index in [2.05, 4.69) is 10.2 Å². The van der Waals surface area contributed by atoms with Crippen LogP contribution in [0.15, 0.2) is 24.3 Å². The number of carbonyl (C=O) groups excluding carboxylic acids is 2. The number of nitrogens with one attached hydrogen (secondary N) is 1. The monoisotopic (exact) mass is 384 g/mol. The van der Waals surface area contributed by atoms with Crippen molar-refractivity contribution in [1.29, 1.82) is 0 Å². The third kappa shape index (κ3) is 7.61. The van der Waals surface area contributed by atoms with Crippen molar-refractivity contribution in [3.63, 3.8) is 0 Å². The molecule has 0 unspecified atom stereocenters. The van der Waals surface area contributed by atoms with Crippen molar-refractivity contribution in [3.05, 3.63) is 24.3 Å². The molecule has 0 saturated carbocycles. The van der Waals surface area contributed by atoms with Gasteiger partial charge in [0, 0.05) is 37.3 Å². The fourth-order valence-electron chi connectivity index (χ4n) is 3.20. The van der Waals surface area contributed by atoms with Gasteiger partial charge in [0.05, 0.1) is 0 Å². The van der Waals surface area contributed by atoms with E-state index in [0.29, 0.717) is 25.7 Å². The van der Waals surface area contributed by atoms with Crippen LogP contribution in [0.1, 0.15) is 57.8 Å². The third-order valence-electron chi connectivity index (χ3n) is 4.75.